The van der Waals surface area contributed by atoms with Gasteiger partial charge >= 0.3 is 0 Å². The van der Waals surface area contributed by atoms with Crippen molar-refractivity contribution < 1.29 is 0 Å². The summed E-state index contributed by atoms with van der Waals surface area (Å²) in [5.74, 6) is 0. The maximum absolute atomic E-state index is 4.71. The standard InChI is InChI=1S/C17H17N/c1-3-17(16-12-8-5-9-13-16)18-14(2)15-10-6-4-7-11-15/h3-13H,1-2H3/b17-3-,18-14?. The van der Waals surface area contributed by atoms with Gasteiger partial charge in [-0.3, -0.25) is 4.99 Å². The number of nitrogens with zero attached hydrogens (tertiary/aromatic N) is 1. The van der Waals surface area contributed by atoms with Crippen molar-refractivity contribution in [3.8, 4) is 0 Å². The molecule has 0 unspecified atom stereocenters. The predicted molar refractivity (Wildman–Crippen MR) is 78.7 cm³/mol. The van der Waals surface area contributed by atoms with Crippen molar-refractivity contribution in [1.82, 2.24) is 0 Å². The largest absolute Gasteiger partial charge is 0.253 e. The molecule has 2 aromatic rings. The first-order chi connectivity index (χ1) is 8.81. The molecule has 0 aliphatic heterocycles. The Morgan fingerprint density at radius 2 is 1.33 bits per heavy atom. The third kappa shape index (κ3) is 2.95. The van der Waals surface area contributed by atoms with E-state index in [4.69, 9.17) is 4.99 Å². The van der Waals surface area contributed by atoms with Crippen LogP contribution < -0.4 is 0 Å². The van der Waals surface area contributed by atoms with Gasteiger partial charge in [-0.15, -0.1) is 0 Å². The van der Waals surface area contributed by atoms with Gasteiger partial charge in [-0.2, -0.15) is 0 Å². The van der Waals surface area contributed by atoms with Crippen LogP contribution in [0.4, 0.5) is 0 Å². The maximum Gasteiger partial charge on any atom is 0.0662 e. The topological polar surface area (TPSA) is 12.4 Å². The summed E-state index contributed by atoms with van der Waals surface area (Å²) in [6.45, 7) is 4.06. The fourth-order valence-corrected chi connectivity index (χ4v) is 1.83. The second kappa shape index (κ2) is 5.97. The van der Waals surface area contributed by atoms with Crippen LogP contribution in [0.1, 0.15) is 25.0 Å². The first-order valence-electron chi connectivity index (χ1n) is 6.13. The van der Waals surface area contributed by atoms with Gasteiger partial charge in [0.2, 0.25) is 0 Å². The molecule has 0 N–H and O–H groups in total. The Hall–Kier alpha value is -2.15. The molecule has 0 aliphatic carbocycles. The van der Waals surface area contributed by atoms with E-state index < -0.39 is 0 Å². The monoisotopic (exact) mass is 235 g/mol. The van der Waals surface area contributed by atoms with Gasteiger partial charge in [0.1, 0.15) is 0 Å². The summed E-state index contributed by atoms with van der Waals surface area (Å²) >= 11 is 0. The molecule has 0 spiro atoms. The maximum atomic E-state index is 4.71. The Morgan fingerprint density at radius 1 is 0.833 bits per heavy atom. The summed E-state index contributed by atoms with van der Waals surface area (Å²) in [6, 6.07) is 20.5. The average molecular weight is 235 g/mol. The second-order valence-corrected chi connectivity index (χ2v) is 4.10. The lowest BCUT2D eigenvalue weighted by atomic mass is 10.1. The Morgan fingerprint density at radius 3 is 1.83 bits per heavy atom. The van der Waals surface area contributed by atoms with Crippen molar-refractivity contribution in [2.45, 2.75) is 13.8 Å². The van der Waals surface area contributed by atoms with Crippen LogP contribution in [0.2, 0.25) is 0 Å². The highest BCUT2D eigenvalue weighted by atomic mass is 14.8. The molecule has 1 nitrogen and oxygen atoms in total. The number of aliphatic imine (C=N–C) groups is 1. The molecular formula is C17H17N. The van der Waals surface area contributed by atoms with E-state index in [0.717, 1.165) is 22.5 Å². The van der Waals surface area contributed by atoms with Crippen LogP contribution >= 0.6 is 0 Å². The van der Waals surface area contributed by atoms with E-state index >= 15 is 0 Å². The molecule has 0 saturated carbocycles. The van der Waals surface area contributed by atoms with Crippen molar-refractivity contribution in [1.29, 1.82) is 0 Å². The number of benzene rings is 2. The van der Waals surface area contributed by atoms with Gasteiger partial charge in [-0.1, -0.05) is 66.7 Å². The van der Waals surface area contributed by atoms with E-state index in [1.54, 1.807) is 0 Å². The number of hydrogen-bond acceptors (Lipinski definition) is 1. The normalized spacial score (nSPS) is 12.6. The number of allylic oxidation sites excluding steroid dienone is 1. The van der Waals surface area contributed by atoms with E-state index in [0.29, 0.717) is 0 Å². The van der Waals surface area contributed by atoms with E-state index in [-0.39, 0.29) is 0 Å². The lowest BCUT2D eigenvalue weighted by Gasteiger charge is -2.05. The molecule has 0 radical (unpaired) electrons. The van der Waals surface area contributed by atoms with Crippen molar-refractivity contribution in [3.63, 3.8) is 0 Å². The van der Waals surface area contributed by atoms with E-state index in [1.165, 1.54) is 0 Å². The molecule has 0 bridgehead atoms. The fraction of sp³-hybridized carbons (Fsp3) is 0.118. The molecular weight excluding hydrogens is 218 g/mol. The summed E-state index contributed by atoms with van der Waals surface area (Å²) in [5, 5.41) is 0. The van der Waals surface area contributed by atoms with Crippen molar-refractivity contribution >= 4 is 11.4 Å². The third-order valence-electron chi connectivity index (χ3n) is 2.82. The Bertz CT molecular complexity index is 551. The summed E-state index contributed by atoms with van der Waals surface area (Å²) in [5.41, 5.74) is 4.35. The molecule has 0 aromatic heterocycles. The molecule has 1 heteroatoms. The number of hydrogen-bond donors (Lipinski definition) is 0. The van der Waals surface area contributed by atoms with Gasteiger partial charge in [-0.05, 0) is 25.0 Å². The van der Waals surface area contributed by atoms with Crippen molar-refractivity contribution in [3.05, 3.63) is 77.9 Å². The summed E-state index contributed by atoms with van der Waals surface area (Å²) in [7, 11) is 0. The van der Waals surface area contributed by atoms with Crippen molar-refractivity contribution in [2.75, 3.05) is 0 Å². The van der Waals surface area contributed by atoms with Crippen LogP contribution in [0.15, 0.2) is 71.7 Å². The molecule has 18 heavy (non-hydrogen) atoms. The molecule has 2 aromatic carbocycles. The molecule has 0 saturated heterocycles. The highest BCUT2D eigenvalue weighted by Gasteiger charge is 2.00. The van der Waals surface area contributed by atoms with Gasteiger partial charge in [0, 0.05) is 5.71 Å². The highest BCUT2D eigenvalue weighted by molar-refractivity contribution is 6.01. The SMILES string of the molecule is C/C=C(\N=C(C)c1ccccc1)c1ccccc1. The lowest BCUT2D eigenvalue weighted by molar-refractivity contribution is 1.45. The summed E-state index contributed by atoms with van der Waals surface area (Å²) in [4.78, 5) is 4.71. The summed E-state index contributed by atoms with van der Waals surface area (Å²) < 4.78 is 0. The molecule has 0 fully saturated rings. The number of rotatable bonds is 3. The molecule has 0 amide bonds. The Balaban J connectivity index is 2.32. The van der Waals surface area contributed by atoms with Crippen molar-refractivity contribution in [2.24, 2.45) is 4.99 Å². The summed E-state index contributed by atoms with van der Waals surface area (Å²) in [6.07, 6.45) is 2.04. The predicted octanol–water partition coefficient (Wildman–Crippen LogP) is 4.56. The molecule has 2 rings (SSSR count). The van der Waals surface area contributed by atoms with Crippen LogP contribution in [0, 0.1) is 0 Å². The van der Waals surface area contributed by atoms with Gasteiger partial charge in [0.15, 0.2) is 0 Å². The zero-order valence-corrected chi connectivity index (χ0v) is 10.8. The zero-order chi connectivity index (χ0) is 12.8. The highest BCUT2D eigenvalue weighted by Crippen LogP contribution is 2.16. The molecule has 0 atom stereocenters. The first-order valence-corrected chi connectivity index (χ1v) is 6.13. The van der Waals surface area contributed by atoms with Crippen LogP contribution in [0.25, 0.3) is 5.70 Å². The quantitative estimate of drug-likeness (QED) is 0.692. The van der Waals surface area contributed by atoms with Gasteiger partial charge in [0.05, 0.1) is 5.70 Å². The molecule has 0 heterocycles. The lowest BCUT2D eigenvalue weighted by Crippen LogP contribution is -1.94. The Kier molecular flexibility index (Phi) is 4.08. The minimum atomic E-state index is 1.01. The second-order valence-electron chi connectivity index (χ2n) is 4.10. The minimum absolute atomic E-state index is 1.01. The third-order valence-corrected chi connectivity index (χ3v) is 2.82. The van der Waals surface area contributed by atoms with Gasteiger partial charge in [0.25, 0.3) is 0 Å². The van der Waals surface area contributed by atoms with Crippen LogP contribution in [0.3, 0.4) is 0 Å². The molecule has 0 aliphatic rings. The van der Waals surface area contributed by atoms with E-state index in [1.807, 2.05) is 56.3 Å². The first kappa shape index (κ1) is 12.3. The fourth-order valence-electron chi connectivity index (χ4n) is 1.83. The van der Waals surface area contributed by atoms with Gasteiger partial charge in [-0.25, -0.2) is 0 Å². The van der Waals surface area contributed by atoms with E-state index in [2.05, 4.69) is 24.3 Å². The van der Waals surface area contributed by atoms with E-state index in [9.17, 15) is 0 Å². The van der Waals surface area contributed by atoms with Crippen LogP contribution in [-0.2, 0) is 0 Å². The average Bonchev–Trinajstić information content (AvgIpc) is 2.46. The minimum Gasteiger partial charge on any atom is -0.253 e. The smallest absolute Gasteiger partial charge is 0.0662 e. The van der Waals surface area contributed by atoms with Crippen LogP contribution in [0.5, 0.6) is 0 Å². The molecule has 90 valence electrons. The Labute approximate surface area is 109 Å². The van der Waals surface area contributed by atoms with Gasteiger partial charge < -0.3 is 0 Å². The zero-order valence-electron chi connectivity index (χ0n) is 10.8. The van der Waals surface area contributed by atoms with Crippen LogP contribution in [-0.4, -0.2) is 5.71 Å².